The fourth-order valence-corrected chi connectivity index (χ4v) is 3.75. The second-order valence-electron chi connectivity index (χ2n) is 2.96. The van der Waals surface area contributed by atoms with Gasteiger partial charge in [0.25, 0.3) is 0 Å². The molecule has 0 aliphatic rings. The molecule has 0 unspecified atom stereocenters. The Morgan fingerprint density at radius 2 is 1.87 bits per heavy atom. The molecular formula is C8H11NO4S2. The summed E-state index contributed by atoms with van der Waals surface area (Å²) >= 11 is 1.21. The van der Waals surface area contributed by atoms with Crippen LogP contribution in [0.15, 0.2) is 4.90 Å². The zero-order valence-corrected chi connectivity index (χ0v) is 10.2. The number of carbonyl (C=O) groups excluding carboxylic acids is 1. The number of sulfonamides is 1. The Kier molecular flexibility index (Phi) is 3.17. The Morgan fingerprint density at radius 1 is 1.33 bits per heavy atom. The van der Waals surface area contributed by atoms with Gasteiger partial charge in [-0.1, -0.05) is 0 Å². The number of ether oxygens (including phenoxy) is 1. The monoisotopic (exact) mass is 249 g/mol. The summed E-state index contributed by atoms with van der Waals surface area (Å²) in [5.74, 6) is -0.680. The molecule has 7 heteroatoms. The van der Waals surface area contributed by atoms with E-state index < -0.39 is 16.0 Å². The van der Waals surface area contributed by atoms with Gasteiger partial charge in [-0.15, -0.1) is 11.3 Å². The van der Waals surface area contributed by atoms with E-state index in [-0.39, 0.29) is 10.5 Å². The van der Waals surface area contributed by atoms with Crippen LogP contribution in [0, 0.1) is 13.8 Å². The van der Waals surface area contributed by atoms with Crippen molar-refractivity contribution >= 4 is 27.3 Å². The molecule has 0 aromatic carbocycles. The summed E-state index contributed by atoms with van der Waals surface area (Å²) in [7, 11) is -2.69. The minimum atomic E-state index is -3.89. The average Bonchev–Trinajstić information content (AvgIpc) is 2.38. The molecule has 84 valence electrons. The van der Waals surface area contributed by atoms with Crippen molar-refractivity contribution in [3.8, 4) is 0 Å². The van der Waals surface area contributed by atoms with Gasteiger partial charge < -0.3 is 4.74 Å². The maximum atomic E-state index is 11.4. The summed E-state index contributed by atoms with van der Waals surface area (Å²) in [6.07, 6.45) is 0. The summed E-state index contributed by atoms with van der Waals surface area (Å²) in [6, 6.07) is 0. The number of thiophene rings is 1. The highest BCUT2D eigenvalue weighted by Crippen LogP contribution is 2.30. The molecule has 1 aromatic heterocycles. The number of primary sulfonamides is 1. The smallest absolute Gasteiger partial charge is 0.340 e. The van der Waals surface area contributed by atoms with Crippen molar-refractivity contribution in [3.05, 3.63) is 15.3 Å². The Bertz CT molecular complexity index is 501. The fourth-order valence-electron chi connectivity index (χ4n) is 1.34. The summed E-state index contributed by atoms with van der Waals surface area (Å²) in [6.45, 7) is 3.25. The topological polar surface area (TPSA) is 86.5 Å². The number of carbonyl (C=O) groups is 1. The summed E-state index contributed by atoms with van der Waals surface area (Å²) < 4.78 is 27.1. The van der Waals surface area contributed by atoms with E-state index in [0.717, 1.165) is 0 Å². The Labute approximate surface area is 91.9 Å². The van der Waals surface area contributed by atoms with E-state index in [0.29, 0.717) is 9.75 Å². The Balaban J connectivity index is 3.58. The first kappa shape index (κ1) is 12.2. The lowest BCUT2D eigenvalue weighted by Gasteiger charge is -2.02. The molecule has 15 heavy (non-hydrogen) atoms. The lowest BCUT2D eigenvalue weighted by molar-refractivity contribution is 0.0596. The van der Waals surface area contributed by atoms with Crippen LogP contribution in [0.25, 0.3) is 0 Å². The predicted molar refractivity (Wildman–Crippen MR) is 56.5 cm³/mol. The van der Waals surface area contributed by atoms with E-state index in [1.165, 1.54) is 18.4 Å². The second-order valence-corrected chi connectivity index (χ2v) is 5.88. The van der Waals surface area contributed by atoms with Gasteiger partial charge in [-0.25, -0.2) is 18.4 Å². The van der Waals surface area contributed by atoms with Crippen LogP contribution in [0.1, 0.15) is 20.1 Å². The van der Waals surface area contributed by atoms with E-state index in [2.05, 4.69) is 4.74 Å². The maximum absolute atomic E-state index is 11.4. The van der Waals surface area contributed by atoms with Crippen LogP contribution in [0.2, 0.25) is 0 Å². The van der Waals surface area contributed by atoms with Crippen molar-refractivity contribution in [1.82, 2.24) is 0 Å². The van der Waals surface area contributed by atoms with Gasteiger partial charge in [-0.3, -0.25) is 0 Å². The number of hydrogen-bond donors (Lipinski definition) is 1. The van der Waals surface area contributed by atoms with Crippen molar-refractivity contribution in [1.29, 1.82) is 0 Å². The summed E-state index contributed by atoms with van der Waals surface area (Å²) in [4.78, 5) is 12.3. The van der Waals surface area contributed by atoms with E-state index in [9.17, 15) is 13.2 Å². The molecule has 0 amide bonds. The first-order valence-corrected chi connectivity index (χ1v) is 6.36. The third kappa shape index (κ3) is 2.19. The molecule has 0 aliphatic carbocycles. The molecule has 0 radical (unpaired) electrons. The summed E-state index contributed by atoms with van der Waals surface area (Å²) in [5.41, 5.74) is 0.0440. The Hall–Kier alpha value is -0.920. The molecule has 0 saturated carbocycles. The van der Waals surface area contributed by atoms with Gasteiger partial charge in [0.1, 0.15) is 4.90 Å². The zero-order valence-electron chi connectivity index (χ0n) is 8.53. The highest BCUT2D eigenvalue weighted by atomic mass is 32.2. The third-order valence-electron chi connectivity index (χ3n) is 1.88. The molecular weight excluding hydrogens is 238 g/mol. The van der Waals surface area contributed by atoms with Crippen molar-refractivity contribution in [2.24, 2.45) is 5.14 Å². The lowest BCUT2D eigenvalue weighted by Crippen LogP contribution is -2.17. The Morgan fingerprint density at radius 3 is 2.27 bits per heavy atom. The number of rotatable bonds is 2. The minimum absolute atomic E-state index is 0.0440. The van der Waals surface area contributed by atoms with Gasteiger partial charge in [0.15, 0.2) is 0 Å². The van der Waals surface area contributed by atoms with E-state index in [1.54, 1.807) is 13.8 Å². The van der Waals surface area contributed by atoms with Gasteiger partial charge in [0.05, 0.1) is 12.7 Å². The maximum Gasteiger partial charge on any atom is 0.340 e. The highest BCUT2D eigenvalue weighted by molar-refractivity contribution is 7.89. The minimum Gasteiger partial charge on any atom is -0.465 e. The van der Waals surface area contributed by atoms with Crippen molar-refractivity contribution in [2.75, 3.05) is 7.11 Å². The fraction of sp³-hybridized carbons (Fsp3) is 0.375. The molecule has 0 saturated heterocycles. The molecule has 0 aliphatic heterocycles. The number of methoxy groups -OCH3 is 1. The molecule has 1 aromatic rings. The van der Waals surface area contributed by atoms with E-state index >= 15 is 0 Å². The van der Waals surface area contributed by atoms with Gasteiger partial charge in [0.2, 0.25) is 10.0 Å². The largest absolute Gasteiger partial charge is 0.465 e. The van der Waals surface area contributed by atoms with Gasteiger partial charge >= 0.3 is 5.97 Å². The van der Waals surface area contributed by atoms with Gasteiger partial charge in [0, 0.05) is 9.75 Å². The molecule has 1 heterocycles. The van der Waals surface area contributed by atoms with Crippen LogP contribution in [0.4, 0.5) is 0 Å². The van der Waals surface area contributed by atoms with Crippen LogP contribution in [-0.2, 0) is 14.8 Å². The quantitative estimate of drug-likeness (QED) is 0.785. The summed E-state index contributed by atoms with van der Waals surface area (Å²) in [5, 5.41) is 5.04. The van der Waals surface area contributed by atoms with Gasteiger partial charge in [-0.05, 0) is 13.8 Å². The normalized spacial score (nSPS) is 11.5. The predicted octanol–water partition coefficient (Wildman–Crippen LogP) is 0.799. The SMILES string of the molecule is COC(=O)c1c(C)sc(C)c1S(N)(=O)=O. The third-order valence-corrected chi connectivity index (χ3v) is 4.11. The molecule has 5 nitrogen and oxygen atoms in total. The lowest BCUT2D eigenvalue weighted by atomic mass is 10.2. The van der Waals surface area contributed by atoms with E-state index in [4.69, 9.17) is 5.14 Å². The van der Waals surface area contributed by atoms with Crippen LogP contribution >= 0.6 is 11.3 Å². The van der Waals surface area contributed by atoms with Crippen LogP contribution < -0.4 is 5.14 Å². The molecule has 0 atom stereocenters. The number of esters is 1. The number of nitrogens with two attached hydrogens (primary N) is 1. The standard InChI is InChI=1S/C8H11NO4S2/c1-4-6(8(10)13-3)7(5(2)14-4)15(9,11)12/h1-3H3,(H2,9,11,12). The second kappa shape index (κ2) is 3.92. The zero-order chi connectivity index (χ0) is 11.8. The van der Waals surface area contributed by atoms with Crippen LogP contribution in [0.5, 0.6) is 0 Å². The first-order chi connectivity index (χ1) is 6.79. The van der Waals surface area contributed by atoms with Crippen molar-refractivity contribution < 1.29 is 17.9 Å². The van der Waals surface area contributed by atoms with Gasteiger partial charge in [-0.2, -0.15) is 0 Å². The molecule has 1 rings (SSSR count). The average molecular weight is 249 g/mol. The van der Waals surface area contributed by atoms with Crippen molar-refractivity contribution in [2.45, 2.75) is 18.7 Å². The first-order valence-electron chi connectivity index (χ1n) is 4.00. The molecule has 2 N–H and O–H groups in total. The molecule has 0 spiro atoms. The molecule has 0 fully saturated rings. The number of hydrogen-bond acceptors (Lipinski definition) is 5. The van der Waals surface area contributed by atoms with Crippen LogP contribution in [0.3, 0.4) is 0 Å². The van der Waals surface area contributed by atoms with E-state index in [1.807, 2.05) is 0 Å². The molecule has 0 bridgehead atoms. The van der Waals surface area contributed by atoms with Crippen molar-refractivity contribution in [3.63, 3.8) is 0 Å². The highest BCUT2D eigenvalue weighted by Gasteiger charge is 2.27. The van der Waals surface area contributed by atoms with Crippen LogP contribution in [-0.4, -0.2) is 21.5 Å². The number of aryl methyl sites for hydroxylation is 2.